The van der Waals surface area contributed by atoms with Gasteiger partial charge >= 0.3 is 18.2 Å². The minimum absolute atomic E-state index is 0.0442. The molecular weight excluding hydrogens is 340 g/mol. The van der Waals surface area contributed by atoms with Crippen LogP contribution in [0.15, 0.2) is 0 Å². The molecule has 150 valence electrons. The maximum Gasteiger partial charge on any atom is 0.410 e. The zero-order valence-electron chi connectivity index (χ0n) is 16.6. The number of rotatable bonds is 4. The second-order valence-corrected chi connectivity index (χ2v) is 8.72. The summed E-state index contributed by atoms with van der Waals surface area (Å²) in [5.41, 5.74) is -1.20. The van der Waals surface area contributed by atoms with Gasteiger partial charge < -0.3 is 24.8 Å². The lowest BCUT2D eigenvalue weighted by molar-refractivity contribution is -0.139. The van der Waals surface area contributed by atoms with Crippen LogP contribution in [-0.2, 0) is 14.3 Å². The van der Waals surface area contributed by atoms with E-state index < -0.39 is 29.4 Å². The van der Waals surface area contributed by atoms with Crippen LogP contribution in [0.5, 0.6) is 0 Å². The van der Waals surface area contributed by atoms with Crippen molar-refractivity contribution in [1.29, 1.82) is 0 Å². The van der Waals surface area contributed by atoms with Crippen LogP contribution in [0.1, 0.15) is 54.4 Å². The minimum atomic E-state index is -0.927. The van der Waals surface area contributed by atoms with Gasteiger partial charge in [-0.2, -0.15) is 0 Å². The average molecular weight is 372 g/mol. The molecule has 0 spiro atoms. The van der Waals surface area contributed by atoms with Crippen molar-refractivity contribution >= 4 is 18.2 Å². The predicted molar refractivity (Wildman–Crippen MR) is 95.9 cm³/mol. The summed E-state index contributed by atoms with van der Waals surface area (Å²) >= 11 is 0. The van der Waals surface area contributed by atoms with Crippen molar-refractivity contribution in [2.75, 3.05) is 19.6 Å². The summed E-state index contributed by atoms with van der Waals surface area (Å²) in [7, 11) is 0. The summed E-state index contributed by atoms with van der Waals surface area (Å²) in [6.07, 6.45) is -0.444. The number of amides is 2. The second-order valence-electron chi connectivity index (χ2n) is 8.72. The van der Waals surface area contributed by atoms with Gasteiger partial charge in [-0.3, -0.25) is 4.79 Å². The zero-order chi connectivity index (χ0) is 20.1. The van der Waals surface area contributed by atoms with E-state index in [1.807, 2.05) is 0 Å². The fourth-order valence-corrected chi connectivity index (χ4v) is 2.83. The molecule has 0 aromatic rings. The molecule has 2 N–H and O–H groups in total. The Morgan fingerprint density at radius 3 is 2.12 bits per heavy atom. The highest BCUT2D eigenvalue weighted by molar-refractivity contribution is 5.70. The van der Waals surface area contributed by atoms with E-state index in [0.29, 0.717) is 26.1 Å². The number of carboxylic acid groups (broad SMARTS) is 1. The first-order valence-corrected chi connectivity index (χ1v) is 8.93. The number of carbonyl (C=O) groups excluding carboxylic acids is 2. The molecule has 0 bridgehead atoms. The van der Waals surface area contributed by atoms with Gasteiger partial charge in [0.25, 0.3) is 0 Å². The molecule has 1 heterocycles. The molecule has 0 aromatic carbocycles. The maximum absolute atomic E-state index is 12.2. The Hall–Kier alpha value is -1.99. The fraction of sp³-hybridized carbons (Fsp3) is 0.833. The van der Waals surface area contributed by atoms with E-state index >= 15 is 0 Å². The molecule has 1 fully saturated rings. The molecule has 0 radical (unpaired) electrons. The molecule has 1 aliphatic heterocycles. The van der Waals surface area contributed by atoms with Crippen LogP contribution in [0.25, 0.3) is 0 Å². The number of hydrogen-bond donors (Lipinski definition) is 2. The van der Waals surface area contributed by atoms with Crippen molar-refractivity contribution in [3.05, 3.63) is 0 Å². The van der Waals surface area contributed by atoms with Crippen LogP contribution in [0.3, 0.4) is 0 Å². The minimum Gasteiger partial charge on any atom is -0.481 e. The Morgan fingerprint density at radius 1 is 1.04 bits per heavy atom. The number of piperidine rings is 1. The topological polar surface area (TPSA) is 105 Å². The van der Waals surface area contributed by atoms with E-state index in [2.05, 4.69) is 5.32 Å². The molecule has 8 nitrogen and oxygen atoms in total. The lowest BCUT2D eigenvalue weighted by Gasteiger charge is -2.38. The Balaban J connectivity index is 2.66. The Bertz CT molecular complexity index is 521. The van der Waals surface area contributed by atoms with Gasteiger partial charge in [0, 0.05) is 19.6 Å². The SMILES string of the molecule is CC(C)(C)OC(=O)NCC1CCN(C(=O)OC(C)(C)C)CC1CC(=O)O. The molecule has 1 rings (SSSR count). The quantitative estimate of drug-likeness (QED) is 0.786. The van der Waals surface area contributed by atoms with Crippen molar-refractivity contribution in [1.82, 2.24) is 10.2 Å². The number of hydrogen-bond acceptors (Lipinski definition) is 5. The van der Waals surface area contributed by atoms with Gasteiger partial charge in [0.2, 0.25) is 0 Å². The number of alkyl carbamates (subject to hydrolysis) is 1. The Kier molecular flexibility index (Phi) is 7.29. The van der Waals surface area contributed by atoms with E-state index in [1.165, 1.54) is 0 Å². The fourth-order valence-electron chi connectivity index (χ4n) is 2.83. The number of likely N-dealkylation sites (tertiary alicyclic amines) is 1. The number of nitrogens with zero attached hydrogens (tertiary/aromatic N) is 1. The normalized spacial score (nSPS) is 21.1. The Morgan fingerprint density at radius 2 is 1.62 bits per heavy atom. The van der Waals surface area contributed by atoms with Crippen molar-refractivity contribution < 1.29 is 29.0 Å². The van der Waals surface area contributed by atoms with Crippen LogP contribution in [0, 0.1) is 11.8 Å². The number of carboxylic acids is 1. The van der Waals surface area contributed by atoms with E-state index in [-0.39, 0.29) is 18.3 Å². The summed E-state index contributed by atoms with van der Waals surface area (Å²) in [6.45, 7) is 11.8. The predicted octanol–water partition coefficient (Wildman–Crippen LogP) is 2.86. The van der Waals surface area contributed by atoms with Gasteiger partial charge in [0.1, 0.15) is 11.2 Å². The summed E-state index contributed by atoms with van der Waals surface area (Å²) in [4.78, 5) is 36.8. The van der Waals surface area contributed by atoms with Gasteiger partial charge in [-0.05, 0) is 59.8 Å². The lowest BCUT2D eigenvalue weighted by atomic mass is 9.83. The van der Waals surface area contributed by atoms with Crippen LogP contribution in [0.2, 0.25) is 0 Å². The summed E-state index contributed by atoms with van der Waals surface area (Å²) in [6, 6.07) is 0. The molecule has 26 heavy (non-hydrogen) atoms. The van der Waals surface area contributed by atoms with E-state index in [0.717, 1.165) is 0 Å². The summed E-state index contributed by atoms with van der Waals surface area (Å²) < 4.78 is 10.6. The third-order valence-corrected chi connectivity index (χ3v) is 3.89. The number of nitrogens with one attached hydrogen (secondary N) is 1. The zero-order valence-corrected chi connectivity index (χ0v) is 16.6. The number of ether oxygens (including phenoxy) is 2. The van der Waals surface area contributed by atoms with Gasteiger partial charge in [-0.1, -0.05) is 0 Å². The first-order chi connectivity index (χ1) is 11.8. The van der Waals surface area contributed by atoms with Crippen LogP contribution >= 0.6 is 0 Å². The largest absolute Gasteiger partial charge is 0.481 e. The molecule has 0 aromatic heterocycles. The lowest BCUT2D eigenvalue weighted by Crippen LogP contribution is -2.49. The third-order valence-electron chi connectivity index (χ3n) is 3.89. The molecule has 2 unspecified atom stereocenters. The number of carbonyl (C=O) groups is 3. The highest BCUT2D eigenvalue weighted by atomic mass is 16.6. The van der Waals surface area contributed by atoms with Crippen LogP contribution < -0.4 is 5.32 Å². The first kappa shape index (κ1) is 22.1. The van der Waals surface area contributed by atoms with Gasteiger partial charge in [0.05, 0.1) is 6.42 Å². The first-order valence-electron chi connectivity index (χ1n) is 8.93. The van der Waals surface area contributed by atoms with E-state index in [9.17, 15) is 19.5 Å². The van der Waals surface area contributed by atoms with Gasteiger partial charge in [-0.25, -0.2) is 9.59 Å². The smallest absolute Gasteiger partial charge is 0.410 e. The van der Waals surface area contributed by atoms with Gasteiger partial charge in [-0.15, -0.1) is 0 Å². The van der Waals surface area contributed by atoms with Crippen LogP contribution in [-0.4, -0.2) is 59.0 Å². The Labute approximate surface area is 155 Å². The summed E-state index contributed by atoms with van der Waals surface area (Å²) in [5.74, 6) is -1.23. The highest BCUT2D eigenvalue weighted by Crippen LogP contribution is 2.27. The van der Waals surface area contributed by atoms with Crippen LogP contribution in [0.4, 0.5) is 9.59 Å². The molecule has 8 heteroatoms. The van der Waals surface area contributed by atoms with E-state index in [4.69, 9.17) is 9.47 Å². The van der Waals surface area contributed by atoms with Crippen molar-refractivity contribution in [3.63, 3.8) is 0 Å². The molecule has 2 atom stereocenters. The monoisotopic (exact) mass is 372 g/mol. The van der Waals surface area contributed by atoms with Crippen molar-refractivity contribution in [3.8, 4) is 0 Å². The standard InChI is InChI=1S/C18H32N2O6/c1-17(2,3)25-15(23)19-10-12-7-8-20(11-13(12)9-14(21)22)16(24)26-18(4,5)6/h12-13H,7-11H2,1-6H3,(H,19,23)(H,21,22). The molecule has 2 amide bonds. The van der Waals surface area contributed by atoms with Crippen molar-refractivity contribution in [2.45, 2.75) is 65.6 Å². The molecule has 0 aliphatic carbocycles. The number of aliphatic carboxylic acids is 1. The summed E-state index contributed by atoms with van der Waals surface area (Å²) in [5, 5.41) is 11.9. The highest BCUT2D eigenvalue weighted by Gasteiger charge is 2.35. The molecule has 1 aliphatic rings. The maximum atomic E-state index is 12.2. The third kappa shape index (κ3) is 8.40. The molecular formula is C18H32N2O6. The van der Waals surface area contributed by atoms with E-state index in [1.54, 1.807) is 46.4 Å². The molecule has 1 saturated heterocycles. The van der Waals surface area contributed by atoms with Crippen molar-refractivity contribution in [2.24, 2.45) is 11.8 Å². The molecule has 0 saturated carbocycles. The second kappa shape index (κ2) is 8.60. The average Bonchev–Trinajstić information content (AvgIpc) is 2.41. The van der Waals surface area contributed by atoms with Gasteiger partial charge in [0.15, 0.2) is 0 Å².